The van der Waals surface area contributed by atoms with Crippen molar-refractivity contribution in [2.45, 2.75) is 329 Å². The minimum Gasteiger partial charge on any atom is -0.444 e. The van der Waals surface area contributed by atoms with Gasteiger partial charge in [-0.25, -0.2) is 24.0 Å². The molecule has 0 aliphatic carbocycles. The Kier molecular flexibility index (Phi) is 48.1. The number of alkyl carbamates (subject to hydrolysis) is 5. The molecular weight excluding hydrogens is 1680 g/mol. The summed E-state index contributed by atoms with van der Waals surface area (Å²) in [5, 5.41) is 68.2. The van der Waals surface area contributed by atoms with E-state index < -0.39 is 291 Å². The van der Waals surface area contributed by atoms with Crippen LogP contribution in [0, 0.1) is 5.92 Å². The summed E-state index contributed by atoms with van der Waals surface area (Å²) in [6.45, 7) is 27.5. The molecule has 0 saturated carbocycles. The largest absolute Gasteiger partial charge is 0.444 e. The second-order valence-corrected chi connectivity index (χ2v) is 36.5. The molecule has 1 unspecified atom stereocenters. The number of ether oxygens (including phenoxy) is 5. The molecule has 13 atom stereocenters. The van der Waals surface area contributed by atoms with Gasteiger partial charge < -0.3 is 130 Å². The number of nitrogens with two attached hydrogens (primary N) is 1. The lowest BCUT2D eigenvalue weighted by Gasteiger charge is -2.29. The van der Waals surface area contributed by atoms with E-state index in [1.165, 1.54) is 0 Å². The fourth-order valence-corrected chi connectivity index (χ4v) is 12.1. The van der Waals surface area contributed by atoms with E-state index >= 15 is 19.2 Å². The Labute approximate surface area is 748 Å². The van der Waals surface area contributed by atoms with Gasteiger partial charge in [-0.05, 0) is 181 Å². The van der Waals surface area contributed by atoms with E-state index in [1.807, 2.05) is 6.92 Å². The molecule has 1 heterocycles. The number of hydrogen-bond acceptors (Lipinski definition) is 26. The van der Waals surface area contributed by atoms with Crippen LogP contribution in [0.1, 0.15) is 221 Å². The van der Waals surface area contributed by atoms with Crippen LogP contribution in [-0.4, -0.2) is 277 Å². The van der Waals surface area contributed by atoms with E-state index in [2.05, 4.69) is 95.7 Å². The van der Waals surface area contributed by atoms with E-state index in [0.29, 0.717) is 18.4 Å². The van der Waals surface area contributed by atoms with Crippen LogP contribution in [0.25, 0.3) is 0 Å². The molecule has 724 valence electrons. The summed E-state index contributed by atoms with van der Waals surface area (Å²) in [6.07, 6.45) is -9.55. The molecule has 18 amide bonds. The first-order chi connectivity index (χ1) is 59.3. The maximum absolute atomic E-state index is 15.5. The first-order valence-corrected chi connectivity index (χ1v) is 43.2. The second-order valence-electron chi connectivity index (χ2n) is 36.5. The number of nitrogens with one attached hydrogen (secondary N) is 18. The Hall–Kier alpha value is -11.4. The number of aliphatic hydroxyl groups is 2. The van der Waals surface area contributed by atoms with Crippen molar-refractivity contribution < 1.29 is 120 Å². The van der Waals surface area contributed by atoms with E-state index in [0.717, 1.165) is 26.7 Å². The van der Waals surface area contributed by atoms with Crippen molar-refractivity contribution >= 4 is 107 Å². The third-order valence-electron chi connectivity index (χ3n) is 18.0. The fourth-order valence-electron chi connectivity index (χ4n) is 12.1. The van der Waals surface area contributed by atoms with Gasteiger partial charge in [-0.2, -0.15) is 0 Å². The number of carbonyl (C=O) groups is 18. The quantitative estimate of drug-likeness (QED) is 0.0292. The van der Waals surface area contributed by atoms with Gasteiger partial charge in [0.1, 0.15) is 94.5 Å². The number of benzene rings is 1. The summed E-state index contributed by atoms with van der Waals surface area (Å²) < 4.78 is 27.0. The maximum atomic E-state index is 15.5. The van der Waals surface area contributed by atoms with Crippen LogP contribution in [0.3, 0.4) is 0 Å². The van der Waals surface area contributed by atoms with Gasteiger partial charge in [0, 0.05) is 45.7 Å². The van der Waals surface area contributed by atoms with Crippen LogP contribution in [0.4, 0.5) is 24.0 Å². The third kappa shape index (κ3) is 49.0. The number of unbranched alkanes of at least 4 members (excludes halogenated alkanes) is 3. The van der Waals surface area contributed by atoms with Crippen LogP contribution in [0.15, 0.2) is 30.3 Å². The van der Waals surface area contributed by atoms with Gasteiger partial charge in [-0.15, -0.1) is 0 Å². The Morgan fingerprint density at radius 3 is 1.24 bits per heavy atom. The Morgan fingerprint density at radius 1 is 0.438 bits per heavy atom. The lowest BCUT2D eigenvalue weighted by molar-refractivity contribution is -0.137. The highest BCUT2D eigenvalue weighted by Crippen LogP contribution is 2.17. The van der Waals surface area contributed by atoms with Crippen molar-refractivity contribution in [2.24, 2.45) is 11.7 Å². The van der Waals surface area contributed by atoms with E-state index in [-0.39, 0.29) is 38.9 Å². The van der Waals surface area contributed by atoms with Crippen molar-refractivity contribution in [3.63, 3.8) is 0 Å². The van der Waals surface area contributed by atoms with Crippen LogP contribution >= 0.6 is 0 Å². The summed E-state index contributed by atoms with van der Waals surface area (Å²) >= 11 is 0. The molecule has 0 bridgehead atoms. The van der Waals surface area contributed by atoms with Crippen LogP contribution in [-0.2, 0) is 92.4 Å². The van der Waals surface area contributed by atoms with Gasteiger partial charge in [-0.1, -0.05) is 76.8 Å². The summed E-state index contributed by atoms with van der Waals surface area (Å²) in [7, 11) is 0. The predicted octanol–water partition coefficient (Wildman–Crippen LogP) is -0.491. The molecule has 0 spiro atoms. The van der Waals surface area contributed by atoms with Gasteiger partial charge in [-0.3, -0.25) is 67.6 Å². The molecule has 1 saturated heterocycles. The minimum atomic E-state index is -2.07. The van der Waals surface area contributed by atoms with Gasteiger partial charge in [0.2, 0.25) is 76.8 Å². The van der Waals surface area contributed by atoms with Crippen molar-refractivity contribution in [3.8, 4) is 0 Å². The zero-order chi connectivity index (χ0) is 97.2. The first-order valence-electron chi connectivity index (χ1n) is 43.2. The van der Waals surface area contributed by atoms with Crippen molar-refractivity contribution in [1.29, 1.82) is 0 Å². The van der Waals surface area contributed by atoms with Crippen molar-refractivity contribution in [2.75, 3.05) is 52.4 Å². The standard InChI is InChI=1S/C84H143N19O25/c1-21-22-23-27-30-51(93-61(107)46-86-45-60(85)106)64(108)96-57(36-42-92-79(123)128-84(18,19)20)70(114)103-63(49(5)105)74(118)99-55(34-40-90-77(121)126-82(12,13)14)67(111)94-52-31-37-87-73(117)62(48(4)104)102-69(113)56(35-41-91-78(122)127-83(15,16)17)97-66(110)53(32-38-88-75(119)124-80(6,7)8)98-71(115)58(43-47(2)3)100-72(116)59(44-50-28-25-24-26-29-50)101-68(112)54(95-65(52)109)33-39-89-76(120)125-81(9,10)11/h24-26,28-29,47-49,51-59,62-63,86,104-105H,21-23,27,30-46H2,1-20H3,(H2,85,106)(H,87,117)(H,88,119)(H,89,120)(H,90,121)(H,91,122)(H,92,123)(H,93,107)(H,94,111)(H,95,109)(H,96,108)(H,97,110)(H,98,115)(H,99,118)(H,100,116)(H,101,112)(H,102,113)(H,103,114)/t48-,49?,51+,52+,53+,54+,55+,56+,57+,58+,59-,62+,63+/m1/s1. The number of primary amides is 1. The summed E-state index contributed by atoms with van der Waals surface area (Å²) in [6, 6.07) is -11.4. The third-order valence-corrected chi connectivity index (χ3v) is 18.0. The molecule has 22 N–H and O–H groups in total. The molecule has 128 heavy (non-hydrogen) atoms. The van der Waals surface area contributed by atoms with E-state index in [1.54, 1.807) is 148 Å². The molecule has 44 heteroatoms. The molecule has 1 fully saturated rings. The van der Waals surface area contributed by atoms with Gasteiger partial charge in [0.15, 0.2) is 0 Å². The highest BCUT2D eigenvalue weighted by molar-refractivity contribution is 6.00. The number of hydrogen-bond donors (Lipinski definition) is 21. The topological polar surface area (TPSA) is 636 Å². The predicted molar refractivity (Wildman–Crippen MR) is 467 cm³/mol. The van der Waals surface area contributed by atoms with Crippen molar-refractivity contribution in [3.05, 3.63) is 35.9 Å². The SMILES string of the molecule is CCCCCC[C@H](NC(=O)CNCC(N)=O)C(=O)N[C@@H](CCNC(=O)OC(C)(C)C)C(=O)N[C@H](C(=O)N[C@@H](CCNC(=O)OC(C)(C)C)C(=O)N[C@H]1CCNC(=O)[C@H]([C@@H](C)O)NC(=O)[C@H](CCNC(=O)OC(C)(C)C)NC(=O)[C@H](CCNC(=O)OC(C)(C)C)NC(=O)[C@H](CC(C)C)NC(=O)[C@@H](Cc2ccccc2)NC(=O)[C@H](CCNC(=O)OC(C)(C)C)NC1=O)C(C)O. The van der Waals surface area contributed by atoms with E-state index in [4.69, 9.17) is 29.4 Å². The zero-order valence-corrected chi connectivity index (χ0v) is 77.7. The van der Waals surface area contributed by atoms with Crippen LogP contribution in [0.2, 0.25) is 0 Å². The van der Waals surface area contributed by atoms with Crippen LogP contribution in [0.5, 0.6) is 0 Å². The molecule has 1 aromatic rings. The number of amides is 18. The summed E-state index contributed by atoms with van der Waals surface area (Å²) in [5.41, 5.74) is 0.551. The Balaban J connectivity index is 3.16. The molecular formula is C84H143N19O25. The lowest BCUT2D eigenvalue weighted by atomic mass is 10.00. The van der Waals surface area contributed by atoms with Gasteiger partial charge in [0.25, 0.3) is 0 Å². The monoisotopic (exact) mass is 1820 g/mol. The summed E-state index contributed by atoms with van der Waals surface area (Å²) in [5.74, 6) is -14.5. The Morgan fingerprint density at radius 2 is 0.820 bits per heavy atom. The van der Waals surface area contributed by atoms with Gasteiger partial charge in [0.05, 0.1) is 25.3 Å². The normalized spacial score (nSPS) is 19.4. The Bertz CT molecular complexity index is 3850. The lowest BCUT2D eigenvalue weighted by Crippen LogP contribution is -2.62. The number of carbonyl (C=O) groups excluding carboxylic acids is 18. The average molecular weight is 1820 g/mol. The van der Waals surface area contributed by atoms with Crippen LogP contribution < -0.4 is 101 Å². The molecule has 1 aliphatic heterocycles. The van der Waals surface area contributed by atoms with Gasteiger partial charge >= 0.3 is 30.5 Å². The molecule has 0 radical (unpaired) electrons. The van der Waals surface area contributed by atoms with Crippen molar-refractivity contribution in [1.82, 2.24) is 95.7 Å². The minimum absolute atomic E-state index is 0.0388. The number of aliphatic hydroxyl groups excluding tert-OH is 2. The molecule has 44 nitrogen and oxygen atoms in total. The van der Waals surface area contributed by atoms with E-state index in [9.17, 15) is 77.3 Å². The smallest absolute Gasteiger partial charge is 0.407 e. The highest BCUT2D eigenvalue weighted by atomic mass is 16.6. The fraction of sp³-hybridized carbons (Fsp3) is 0.714. The first kappa shape index (κ1) is 113. The number of rotatable bonds is 39. The average Bonchev–Trinajstić information content (AvgIpc) is 0.975. The molecule has 0 aromatic heterocycles. The summed E-state index contributed by atoms with van der Waals surface area (Å²) in [4.78, 5) is 255. The highest BCUT2D eigenvalue weighted by Gasteiger charge is 2.40. The maximum Gasteiger partial charge on any atom is 0.407 e. The second kappa shape index (κ2) is 54.7. The molecule has 1 aliphatic rings. The molecule has 2 rings (SSSR count). The zero-order valence-electron chi connectivity index (χ0n) is 77.7. The molecule has 1 aromatic carbocycles.